The summed E-state index contributed by atoms with van der Waals surface area (Å²) in [5, 5.41) is 12.0. The van der Waals surface area contributed by atoms with Crippen molar-refractivity contribution in [2.24, 2.45) is 0 Å². The van der Waals surface area contributed by atoms with Crippen LogP contribution in [-0.4, -0.2) is 63.1 Å². The number of pyridine rings is 1. The van der Waals surface area contributed by atoms with Gasteiger partial charge < -0.3 is 15.0 Å². The molecule has 5 aromatic rings. The van der Waals surface area contributed by atoms with Gasteiger partial charge in [-0.15, -0.1) is 10.2 Å². The number of nitrogens with one attached hydrogen (secondary N) is 1. The van der Waals surface area contributed by atoms with Crippen molar-refractivity contribution in [1.82, 2.24) is 29.5 Å². The van der Waals surface area contributed by atoms with Gasteiger partial charge in [-0.25, -0.2) is 9.97 Å². The Labute approximate surface area is 213 Å². The van der Waals surface area contributed by atoms with E-state index in [9.17, 15) is 4.79 Å². The van der Waals surface area contributed by atoms with Crippen molar-refractivity contribution in [3.63, 3.8) is 0 Å². The molecule has 2 aromatic carbocycles. The zero-order valence-electron chi connectivity index (χ0n) is 20.6. The van der Waals surface area contributed by atoms with E-state index in [1.807, 2.05) is 84.2 Å². The zero-order chi connectivity index (χ0) is 25.8. The number of ether oxygens (including phenoxy) is 1. The number of aromatic nitrogens is 5. The van der Waals surface area contributed by atoms with Crippen molar-refractivity contribution in [1.29, 1.82) is 0 Å². The summed E-state index contributed by atoms with van der Waals surface area (Å²) in [6, 6.07) is 16.8. The fourth-order valence-electron chi connectivity index (χ4n) is 3.57. The highest BCUT2D eigenvalue weighted by molar-refractivity contribution is 6.06. The van der Waals surface area contributed by atoms with Crippen molar-refractivity contribution in [3.05, 3.63) is 73.4 Å². The van der Waals surface area contributed by atoms with Crippen LogP contribution in [0.3, 0.4) is 0 Å². The van der Waals surface area contributed by atoms with Crippen LogP contribution in [0.4, 0.5) is 17.2 Å². The fourth-order valence-corrected chi connectivity index (χ4v) is 3.57. The van der Waals surface area contributed by atoms with E-state index in [1.54, 1.807) is 13.4 Å². The molecule has 0 saturated carbocycles. The zero-order valence-corrected chi connectivity index (χ0v) is 20.6. The molecule has 5 rings (SSSR count). The molecule has 0 fully saturated rings. The first-order valence-corrected chi connectivity index (χ1v) is 11.5. The lowest BCUT2D eigenvalue weighted by atomic mass is 10.2. The third-order valence-electron chi connectivity index (χ3n) is 5.53. The SMILES string of the molecule is CN(C)CC#CC(=O)N(C)c1ccc2ncnc(Nc3ccc(Oc4ccn5cnnc5c4)cc3)c2c1. The van der Waals surface area contributed by atoms with E-state index in [-0.39, 0.29) is 5.91 Å². The number of rotatable bonds is 6. The number of nitrogens with zero attached hydrogens (tertiary/aromatic N) is 7. The summed E-state index contributed by atoms with van der Waals surface area (Å²) >= 11 is 0. The van der Waals surface area contributed by atoms with Gasteiger partial charge in [0.25, 0.3) is 0 Å². The van der Waals surface area contributed by atoms with Crippen LogP contribution in [0.5, 0.6) is 11.5 Å². The second-order valence-electron chi connectivity index (χ2n) is 8.54. The average Bonchev–Trinajstić information content (AvgIpc) is 3.37. The quantitative estimate of drug-likeness (QED) is 0.358. The number of fused-ring (bicyclic) bond motifs is 2. The second kappa shape index (κ2) is 10.3. The molecule has 1 amide bonds. The molecular formula is C27H24N8O2. The molecule has 0 bridgehead atoms. The summed E-state index contributed by atoms with van der Waals surface area (Å²) in [4.78, 5) is 24.7. The normalized spacial score (nSPS) is 10.8. The summed E-state index contributed by atoms with van der Waals surface area (Å²) in [5.41, 5.74) is 2.98. The molecule has 0 spiro atoms. The minimum absolute atomic E-state index is 0.286. The molecule has 3 heterocycles. The summed E-state index contributed by atoms with van der Waals surface area (Å²) in [6.07, 6.45) is 4.98. The van der Waals surface area contributed by atoms with Gasteiger partial charge in [-0.1, -0.05) is 5.92 Å². The van der Waals surface area contributed by atoms with Crippen LogP contribution in [-0.2, 0) is 4.79 Å². The average molecular weight is 493 g/mol. The van der Waals surface area contributed by atoms with Crippen LogP contribution in [0.25, 0.3) is 16.6 Å². The number of benzene rings is 2. The molecule has 0 aliphatic carbocycles. The molecule has 10 nitrogen and oxygen atoms in total. The number of anilines is 3. The van der Waals surface area contributed by atoms with Crippen LogP contribution >= 0.6 is 0 Å². The van der Waals surface area contributed by atoms with Crippen LogP contribution < -0.4 is 15.0 Å². The maximum absolute atomic E-state index is 12.5. The largest absolute Gasteiger partial charge is 0.457 e. The minimum atomic E-state index is -0.286. The van der Waals surface area contributed by atoms with Crippen molar-refractivity contribution in [2.75, 3.05) is 37.9 Å². The Hall–Kier alpha value is -5.01. The maximum Gasteiger partial charge on any atom is 0.302 e. The Morgan fingerprint density at radius 1 is 1.03 bits per heavy atom. The van der Waals surface area contributed by atoms with Crippen LogP contribution in [0.1, 0.15) is 0 Å². The Morgan fingerprint density at radius 2 is 1.86 bits per heavy atom. The Kier molecular flexibility index (Phi) is 6.61. The van der Waals surface area contributed by atoms with Gasteiger partial charge in [0.05, 0.1) is 12.1 Å². The van der Waals surface area contributed by atoms with Gasteiger partial charge >= 0.3 is 5.91 Å². The van der Waals surface area contributed by atoms with E-state index in [4.69, 9.17) is 4.74 Å². The van der Waals surface area contributed by atoms with Gasteiger partial charge in [0.2, 0.25) is 0 Å². The van der Waals surface area contributed by atoms with Crippen LogP contribution in [0.15, 0.2) is 73.4 Å². The molecule has 0 unspecified atom stereocenters. The first kappa shape index (κ1) is 23.7. The lowest BCUT2D eigenvalue weighted by molar-refractivity contribution is -0.113. The summed E-state index contributed by atoms with van der Waals surface area (Å²) in [6.45, 7) is 0.514. The molecule has 184 valence electrons. The molecule has 0 radical (unpaired) electrons. The first-order valence-electron chi connectivity index (χ1n) is 11.5. The number of carbonyl (C=O) groups excluding carboxylic acids is 1. The Bertz CT molecular complexity index is 1630. The predicted octanol–water partition coefficient (Wildman–Crippen LogP) is 3.74. The Morgan fingerprint density at radius 3 is 2.68 bits per heavy atom. The smallest absolute Gasteiger partial charge is 0.302 e. The summed E-state index contributed by atoms with van der Waals surface area (Å²) in [7, 11) is 5.51. The van der Waals surface area contributed by atoms with E-state index >= 15 is 0 Å². The van der Waals surface area contributed by atoms with Crippen LogP contribution in [0, 0.1) is 11.8 Å². The van der Waals surface area contributed by atoms with Gasteiger partial charge in [0.1, 0.15) is 30.0 Å². The third-order valence-corrected chi connectivity index (χ3v) is 5.53. The lowest BCUT2D eigenvalue weighted by Gasteiger charge is -2.16. The number of hydrogen-bond donors (Lipinski definition) is 1. The van der Waals surface area contributed by atoms with Gasteiger partial charge in [-0.2, -0.15) is 0 Å². The van der Waals surface area contributed by atoms with E-state index in [0.29, 0.717) is 35.2 Å². The fraction of sp³-hybridized carbons (Fsp3) is 0.148. The highest BCUT2D eigenvalue weighted by atomic mass is 16.5. The Balaban J connectivity index is 1.33. The summed E-state index contributed by atoms with van der Waals surface area (Å²) in [5.74, 6) is 7.23. The minimum Gasteiger partial charge on any atom is -0.457 e. The highest BCUT2D eigenvalue weighted by Crippen LogP contribution is 2.29. The van der Waals surface area contributed by atoms with Gasteiger partial charge in [0.15, 0.2) is 5.65 Å². The molecule has 10 heteroatoms. The first-order chi connectivity index (χ1) is 18.0. The molecule has 0 saturated heterocycles. The van der Waals surface area contributed by atoms with Gasteiger partial charge in [-0.3, -0.25) is 14.1 Å². The molecule has 1 N–H and O–H groups in total. The third kappa shape index (κ3) is 5.47. The highest BCUT2D eigenvalue weighted by Gasteiger charge is 2.12. The van der Waals surface area contributed by atoms with Crippen molar-refractivity contribution < 1.29 is 9.53 Å². The van der Waals surface area contributed by atoms with E-state index in [1.165, 1.54) is 11.2 Å². The van der Waals surface area contributed by atoms with E-state index < -0.39 is 0 Å². The van der Waals surface area contributed by atoms with E-state index in [2.05, 4.69) is 37.3 Å². The van der Waals surface area contributed by atoms with Gasteiger partial charge in [-0.05, 0) is 68.5 Å². The molecule has 3 aromatic heterocycles. The number of carbonyl (C=O) groups is 1. The second-order valence-corrected chi connectivity index (χ2v) is 8.54. The van der Waals surface area contributed by atoms with Crippen molar-refractivity contribution in [2.45, 2.75) is 0 Å². The topological polar surface area (TPSA) is 101 Å². The summed E-state index contributed by atoms with van der Waals surface area (Å²) < 4.78 is 7.76. The number of hydrogen-bond acceptors (Lipinski definition) is 8. The molecular weight excluding hydrogens is 468 g/mol. The van der Waals surface area contributed by atoms with Crippen molar-refractivity contribution in [3.8, 4) is 23.3 Å². The number of amides is 1. The molecule has 0 aliphatic heterocycles. The van der Waals surface area contributed by atoms with Crippen LogP contribution in [0.2, 0.25) is 0 Å². The lowest BCUT2D eigenvalue weighted by Crippen LogP contribution is -2.24. The van der Waals surface area contributed by atoms with Gasteiger partial charge in [0, 0.05) is 36.1 Å². The van der Waals surface area contributed by atoms with E-state index in [0.717, 1.165) is 16.6 Å². The predicted molar refractivity (Wildman–Crippen MR) is 142 cm³/mol. The molecule has 37 heavy (non-hydrogen) atoms. The monoisotopic (exact) mass is 492 g/mol. The maximum atomic E-state index is 12.5. The molecule has 0 aliphatic rings. The van der Waals surface area contributed by atoms with Crippen molar-refractivity contribution >= 4 is 39.6 Å². The molecule has 0 atom stereocenters. The standard InChI is InChI=1S/C27H24N8O2/c1-33(2)13-4-5-26(36)34(3)20-8-11-24-23(15-20)27(29-17-28-24)31-19-6-9-21(10-7-19)37-22-12-14-35-18-30-32-25(35)16-22/h6-12,14-18H,13H2,1-3H3,(H,28,29,31).